The van der Waals surface area contributed by atoms with Crippen LogP contribution in [0.4, 0.5) is 0 Å². The van der Waals surface area contributed by atoms with Crippen LogP contribution in [0, 0.1) is 0 Å². The van der Waals surface area contributed by atoms with E-state index in [1.54, 1.807) is 0 Å². The number of benzene rings is 2. The molecule has 0 saturated carbocycles. The first-order chi connectivity index (χ1) is 9.17. The van der Waals surface area contributed by atoms with Crippen molar-refractivity contribution in [3.05, 3.63) is 70.7 Å². The lowest BCUT2D eigenvalue weighted by Gasteiger charge is -2.22. The average molecular weight is 310 g/mol. The number of hydrogen-bond donors (Lipinski definition) is 2. The van der Waals surface area contributed by atoms with Gasteiger partial charge in [-0.1, -0.05) is 54.1 Å². The van der Waals surface area contributed by atoms with Crippen LogP contribution in [0.2, 0.25) is 5.02 Å². The van der Waals surface area contributed by atoms with E-state index < -0.39 is 5.60 Å². The summed E-state index contributed by atoms with van der Waals surface area (Å²) in [5.74, 6) is 0. The van der Waals surface area contributed by atoms with Crippen LogP contribution in [-0.2, 0) is 5.60 Å². The molecule has 2 unspecified atom stereocenters. The van der Waals surface area contributed by atoms with Gasteiger partial charge in [0.25, 0.3) is 0 Å². The van der Waals surface area contributed by atoms with Gasteiger partial charge in [0.1, 0.15) is 5.60 Å². The minimum atomic E-state index is -0.814. The Kier molecular flexibility index (Phi) is 4.71. The molecular formula is C16H17Cl2NO. The summed E-state index contributed by atoms with van der Waals surface area (Å²) in [6.45, 7) is 0.564. The lowest BCUT2D eigenvalue weighted by molar-refractivity contribution is 0.0559. The molecule has 0 aliphatic carbocycles. The number of hydrogen-bond acceptors (Lipinski definition) is 2. The van der Waals surface area contributed by atoms with Crippen LogP contribution >= 0.6 is 24.0 Å². The molecule has 3 rings (SSSR count). The van der Waals surface area contributed by atoms with Gasteiger partial charge in [0.05, 0.1) is 0 Å². The second-order valence-electron chi connectivity index (χ2n) is 5.09. The Bertz CT molecular complexity index is 558. The van der Waals surface area contributed by atoms with E-state index in [1.807, 2.05) is 42.5 Å². The van der Waals surface area contributed by atoms with E-state index in [0.29, 0.717) is 18.0 Å². The molecule has 2 aromatic rings. The lowest BCUT2D eigenvalue weighted by Crippen LogP contribution is -2.28. The summed E-state index contributed by atoms with van der Waals surface area (Å²) in [7, 11) is 0. The molecular weight excluding hydrogens is 293 g/mol. The van der Waals surface area contributed by atoms with Crippen LogP contribution in [0.1, 0.15) is 23.6 Å². The number of nitrogens with one attached hydrogen (secondary N) is 1. The Labute approximate surface area is 130 Å². The van der Waals surface area contributed by atoms with Gasteiger partial charge in [-0.25, -0.2) is 0 Å². The van der Waals surface area contributed by atoms with Crippen molar-refractivity contribution in [3.8, 4) is 0 Å². The molecule has 2 N–H and O–H groups in total. The van der Waals surface area contributed by atoms with E-state index in [-0.39, 0.29) is 18.4 Å². The van der Waals surface area contributed by atoms with Crippen LogP contribution in [0.5, 0.6) is 0 Å². The maximum Gasteiger partial charge on any atom is 0.104 e. The van der Waals surface area contributed by atoms with Gasteiger partial charge in [0, 0.05) is 24.0 Å². The smallest absolute Gasteiger partial charge is 0.104 e. The van der Waals surface area contributed by atoms with E-state index in [9.17, 15) is 5.11 Å². The molecule has 20 heavy (non-hydrogen) atoms. The predicted octanol–water partition coefficient (Wildman–Crippen LogP) is 3.68. The second kappa shape index (κ2) is 6.15. The van der Waals surface area contributed by atoms with Crippen molar-refractivity contribution < 1.29 is 5.11 Å². The maximum atomic E-state index is 10.8. The Morgan fingerprint density at radius 1 is 1.05 bits per heavy atom. The molecule has 0 radical (unpaired) electrons. The number of aliphatic hydroxyl groups is 1. The Morgan fingerprint density at radius 3 is 2.35 bits per heavy atom. The minimum Gasteiger partial charge on any atom is -0.384 e. The first-order valence-electron chi connectivity index (χ1n) is 6.44. The van der Waals surface area contributed by atoms with Gasteiger partial charge in [-0.3, -0.25) is 0 Å². The molecule has 1 aliphatic heterocycles. The van der Waals surface area contributed by atoms with Gasteiger partial charge in [0.15, 0.2) is 0 Å². The van der Waals surface area contributed by atoms with Crippen molar-refractivity contribution in [3.63, 3.8) is 0 Å². The zero-order chi connectivity index (χ0) is 13.3. The standard InChI is InChI=1S/C16H16ClNO.ClH/c17-14-8-6-13(7-9-14)16(19)10-15(18-11-16)12-4-2-1-3-5-12;/h1-9,15,18-19H,10-11H2;1H. The molecule has 0 bridgehead atoms. The predicted molar refractivity (Wildman–Crippen MR) is 84.4 cm³/mol. The molecule has 1 aliphatic rings. The highest BCUT2D eigenvalue weighted by Crippen LogP contribution is 2.37. The SMILES string of the molecule is Cl.OC1(c2ccc(Cl)cc2)CNC(c2ccccc2)C1. The Hall–Kier alpha value is -1.06. The van der Waals surface area contributed by atoms with Crippen molar-refractivity contribution in [2.75, 3.05) is 6.54 Å². The summed E-state index contributed by atoms with van der Waals surface area (Å²) in [5.41, 5.74) is 1.32. The van der Waals surface area contributed by atoms with Crippen LogP contribution < -0.4 is 5.32 Å². The largest absolute Gasteiger partial charge is 0.384 e. The lowest BCUT2D eigenvalue weighted by atomic mass is 9.89. The second-order valence-corrected chi connectivity index (χ2v) is 5.52. The highest BCUT2D eigenvalue weighted by Gasteiger charge is 2.38. The minimum absolute atomic E-state index is 0. The summed E-state index contributed by atoms with van der Waals surface area (Å²) < 4.78 is 0. The van der Waals surface area contributed by atoms with E-state index >= 15 is 0 Å². The number of β-amino-alcohol motifs (C(OH)–C–C–N with tert-alkyl or cyclic N) is 1. The van der Waals surface area contributed by atoms with Crippen molar-refractivity contribution in [1.29, 1.82) is 0 Å². The van der Waals surface area contributed by atoms with Gasteiger partial charge < -0.3 is 10.4 Å². The zero-order valence-electron chi connectivity index (χ0n) is 10.9. The maximum absolute atomic E-state index is 10.8. The highest BCUT2D eigenvalue weighted by molar-refractivity contribution is 6.30. The molecule has 0 amide bonds. The summed E-state index contributed by atoms with van der Waals surface area (Å²) in [6, 6.07) is 17.9. The summed E-state index contributed by atoms with van der Waals surface area (Å²) in [6.07, 6.45) is 0.679. The molecule has 2 atom stereocenters. The first-order valence-corrected chi connectivity index (χ1v) is 6.82. The van der Waals surface area contributed by atoms with Crippen molar-refractivity contribution in [1.82, 2.24) is 5.32 Å². The van der Waals surface area contributed by atoms with E-state index in [2.05, 4.69) is 17.4 Å². The van der Waals surface area contributed by atoms with Crippen molar-refractivity contribution in [2.45, 2.75) is 18.1 Å². The number of rotatable bonds is 2. The van der Waals surface area contributed by atoms with Crippen molar-refractivity contribution in [2.24, 2.45) is 0 Å². The van der Waals surface area contributed by atoms with Gasteiger partial charge >= 0.3 is 0 Å². The van der Waals surface area contributed by atoms with Crippen LogP contribution in [0.25, 0.3) is 0 Å². The molecule has 4 heteroatoms. The third-order valence-corrected chi connectivity index (χ3v) is 4.02. The molecule has 106 valence electrons. The summed E-state index contributed by atoms with van der Waals surface area (Å²) in [4.78, 5) is 0. The molecule has 2 nitrogen and oxygen atoms in total. The Morgan fingerprint density at radius 2 is 1.70 bits per heavy atom. The summed E-state index contributed by atoms with van der Waals surface area (Å²) >= 11 is 5.89. The summed E-state index contributed by atoms with van der Waals surface area (Å²) in [5, 5.41) is 14.9. The van der Waals surface area contributed by atoms with Gasteiger partial charge in [-0.15, -0.1) is 12.4 Å². The fourth-order valence-corrected chi connectivity index (χ4v) is 2.80. The molecule has 2 aromatic carbocycles. The average Bonchev–Trinajstić information content (AvgIpc) is 2.84. The van der Waals surface area contributed by atoms with E-state index in [1.165, 1.54) is 5.56 Å². The molecule has 0 aromatic heterocycles. The third-order valence-electron chi connectivity index (χ3n) is 3.77. The zero-order valence-corrected chi connectivity index (χ0v) is 12.5. The van der Waals surface area contributed by atoms with E-state index in [4.69, 9.17) is 11.6 Å². The first kappa shape index (κ1) is 15.3. The Balaban J connectivity index is 0.00000147. The molecule has 0 spiro atoms. The topological polar surface area (TPSA) is 32.3 Å². The highest BCUT2D eigenvalue weighted by atomic mass is 35.5. The van der Waals surface area contributed by atoms with E-state index in [0.717, 1.165) is 5.56 Å². The molecule has 1 fully saturated rings. The van der Waals surface area contributed by atoms with Crippen LogP contribution in [0.15, 0.2) is 54.6 Å². The normalized spacial score (nSPS) is 25.2. The quantitative estimate of drug-likeness (QED) is 0.887. The molecule has 1 heterocycles. The van der Waals surface area contributed by atoms with Crippen LogP contribution in [0.3, 0.4) is 0 Å². The monoisotopic (exact) mass is 309 g/mol. The van der Waals surface area contributed by atoms with Gasteiger partial charge in [-0.05, 0) is 23.3 Å². The fourth-order valence-electron chi connectivity index (χ4n) is 2.68. The van der Waals surface area contributed by atoms with Gasteiger partial charge in [0.2, 0.25) is 0 Å². The van der Waals surface area contributed by atoms with Crippen LogP contribution in [-0.4, -0.2) is 11.7 Å². The van der Waals surface area contributed by atoms with Gasteiger partial charge in [-0.2, -0.15) is 0 Å². The van der Waals surface area contributed by atoms with Crippen molar-refractivity contribution >= 4 is 24.0 Å². The third kappa shape index (κ3) is 2.99. The molecule has 1 saturated heterocycles. The fraction of sp³-hybridized carbons (Fsp3) is 0.250. The number of halogens is 2.